The fourth-order valence-electron chi connectivity index (χ4n) is 3.47. The van der Waals surface area contributed by atoms with Gasteiger partial charge in [0, 0.05) is 22.9 Å². The minimum atomic E-state index is 0.0890. The summed E-state index contributed by atoms with van der Waals surface area (Å²) in [6.45, 7) is 15.3. The molecule has 0 amide bonds. The third kappa shape index (κ3) is 3.83. The average molecular weight is 313 g/mol. The lowest BCUT2D eigenvalue weighted by atomic mass is 9.81. The number of nitrogens with two attached hydrogens (primary N) is 1. The molecule has 0 aliphatic rings. The number of hydrogen-bond acceptors (Lipinski definition) is 5. The van der Waals surface area contributed by atoms with Crippen molar-refractivity contribution in [3.63, 3.8) is 0 Å². The fourth-order valence-corrected chi connectivity index (χ4v) is 4.45. The third-order valence-corrected chi connectivity index (χ3v) is 6.01. The van der Waals surface area contributed by atoms with Crippen molar-refractivity contribution in [2.75, 3.05) is 13.1 Å². The van der Waals surface area contributed by atoms with Crippen LogP contribution in [0, 0.1) is 13.8 Å². The number of thiazole rings is 1. The van der Waals surface area contributed by atoms with Crippen LogP contribution in [0.15, 0.2) is 0 Å². The number of rotatable bonds is 9. The largest absolute Gasteiger partial charge is 0.297 e. The van der Waals surface area contributed by atoms with Crippen LogP contribution in [0.5, 0.6) is 0 Å². The summed E-state index contributed by atoms with van der Waals surface area (Å²) in [5.74, 6) is 5.95. The van der Waals surface area contributed by atoms with E-state index < -0.39 is 0 Å². The Bertz CT molecular complexity index is 402. The van der Waals surface area contributed by atoms with Crippen molar-refractivity contribution in [3.05, 3.63) is 15.6 Å². The van der Waals surface area contributed by atoms with E-state index in [0.717, 1.165) is 38.0 Å². The van der Waals surface area contributed by atoms with Crippen molar-refractivity contribution in [2.45, 2.75) is 72.4 Å². The molecule has 1 unspecified atom stereocenters. The average Bonchev–Trinajstić information content (AvgIpc) is 2.81. The van der Waals surface area contributed by atoms with Crippen LogP contribution in [0.25, 0.3) is 0 Å². The summed E-state index contributed by atoms with van der Waals surface area (Å²) in [6, 6.07) is 0.220. The van der Waals surface area contributed by atoms with Crippen LogP contribution in [-0.2, 0) is 6.42 Å². The second kappa shape index (κ2) is 8.22. The zero-order valence-electron chi connectivity index (χ0n) is 14.5. The standard InChI is InChI=1S/C16H32N4S/c1-7-16(8-2,20(9-3)10-4)14(19-17)11-15-18-12(5)13(6)21-15/h14,19H,7-11,17H2,1-6H3. The number of likely N-dealkylation sites (N-methyl/N-ethyl adjacent to an activating group) is 1. The van der Waals surface area contributed by atoms with Gasteiger partial charge in [-0.25, -0.2) is 4.98 Å². The van der Waals surface area contributed by atoms with E-state index in [9.17, 15) is 0 Å². The van der Waals surface area contributed by atoms with Crippen LogP contribution < -0.4 is 11.3 Å². The monoisotopic (exact) mass is 312 g/mol. The molecule has 21 heavy (non-hydrogen) atoms. The number of hydrogen-bond donors (Lipinski definition) is 2. The molecule has 3 N–H and O–H groups in total. The van der Waals surface area contributed by atoms with Crippen LogP contribution in [0.4, 0.5) is 0 Å². The molecule has 1 rings (SSSR count). The van der Waals surface area contributed by atoms with Crippen molar-refractivity contribution in [3.8, 4) is 0 Å². The summed E-state index contributed by atoms with van der Waals surface area (Å²) >= 11 is 1.80. The van der Waals surface area contributed by atoms with Gasteiger partial charge in [0.05, 0.1) is 10.7 Å². The lowest BCUT2D eigenvalue weighted by Crippen LogP contribution is -2.63. The number of aromatic nitrogens is 1. The van der Waals surface area contributed by atoms with Crippen molar-refractivity contribution in [1.82, 2.24) is 15.3 Å². The molecular weight excluding hydrogens is 280 g/mol. The van der Waals surface area contributed by atoms with E-state index >= 15 is 0 Å². The van der Waals surface area contributed by atoms with Gasteiger partial charge in [0.15, 0.2) is 0 Å². The number of nitrogens with one attached hydrogen (secondary N) is 1. The molecule has 1 heterocycles. The second-order valence-corrected chi connectivity index (χ2v) is 6.94. The lowest BCUT2D eigenvalue weighted by Gasteiger charge is -2.47. The molecule has 0 fully saturated rings. The zero-order chi connectivity index (χ0) is 16.0. The summed E-state index contributed by atoms with van der Waals surface area (Å²) in [5, 5.41) is 1.19. The fraction of sp³-hybridized carbons (Fsp3) is 0.812. The summed E-state index contributed by atoms with van der Waals surface area (Å²) < 4.78 is 0. The Hall–Kier alpha value is -0.490. The van der Waals surface area contributed by atoms with Gasteiger partial charge in [-0.3, -0.25) is 16.2 Å². The first-order valence-corrected chi connectivity index (χ1v) is 8.94. The lowest BCUT2D eigenvalue weighted by molar-refractivity contribution is 0.0492. The van der Waals surface area contributed by atoms with Crippen LogP contribution in [0.2, 0.25) is 0 Å². The molecule has 0 aromatic carbocycles. The van der Waals surface area contributed by atoms with Gasteiger partial charge >= 0.3 is 0 Å². The molecule has 122 valence electrons. The number of nitrogens with zero attached hydrogens (tertiary/aromatic N) is 2. The maximum Gasteiger partial charge on any atom is 0.0947 e. The molecule has 1 aromatic rings. The molecule has 0 spiro atoms. The maximum atomic E-state index is 5.95. The van der Waals surface area contributed by atoms with Gasteiger partial charge in [0.2, 0.25) is 0 Å². The molecule has 1 atom stereocenters. The predicted octanol–water partition coefficient (Wildman–Crippen LogP) is 3.03. The van der Waals surface area contributed by atoms with Crippen molar-refractivity contribution in [1.29, 1.82) is 0 Å². The Labute approximate surface area is 134 Å². The van der Waals surface area contributed by atoms with E-state index in [1.807, 2.05) is 0 Å². The zero-order valence-corrected chi connectivity index (χ0v) is 15.3. The Morgan fingerprint density at radius 3 is 2.10 bits per heavy atom. The van der Waals surface area contributed by atoms with Gasteiger partial charge in [0.1, 0.15) is 0 Å². The Morgan fingerprint density at radius 1 is 1.19 bits per heavy atom. The first-order chi connectivity index (χ1) is 9.98. The highest BCUT2D eigenvalue weighted by Gasteiger charge is 2.39. The maximum absolute atomic E-state index is 5.95. The quantitative estimate of drug-likeness (QED) is 0.543. The van der Waals surface area contributed by atoms with Crippen molar-refractivity contribution < 1.29 is 0 Å². The van der Waals surface area contributed by atoms with Crippen molar-refractivity contribution >= 4 is 11.3 Å². The van der Waals surface area contributed by atoms with Crippen LogP contribution in [0.3, 0.4) is 0 Å². The van der Waals surface area contributed by atoms with E-state index in [0.29, 0.717) is 0 Å². The van der Waals surface area contributed by atoms with Gasteiger partial charge in [-0.2, -0.15) is 0 Å². The van der Waals surface area contributed by atoms with Gasteiger partial charge in [-0.15, -0.1) is 11.3 Å². The summed E-state index contributed by atoms with van der Waals surface area (Å²) in [4.78, 5) is 8.55. The SMILES string of the molecule is CCN(CC)C(CC)(CC)C(Cc1nc(C)c(C)s1)NN. The Balaban J connectivity index is 3.06. The number of aryl methyl sites for hydroxylation is 2. The first kappa shape index (κ1) is 18.6. The smallest absolute Gasteiger partial charge is 0.0947 e. The molecule has 0 aliphatic heterocycles. The molecular formula is C16H32N4S. The molecule has 1 aromatic heterocycles. The Morgan fingerprint density at radius 2 is 1.76 bits per heavy atom. The normalized spacial score (nSPS) is 13.9. The second-order valence-electron chi connectivity index (χ2n) is 5.66. The van der Waals surface area contributed by atoms with Crippen LogP contribution in [0.1, 0.15) is 56.1 Å². The Kier molecular flexibility index (Phi) is 7.27. The third-order valence-electron chi connectivity index (χ3n) is 4.92. The molecule has 0 saturated heterocycles. The van der Waals surface area contributed by atoms with E-state index in [1.54, 1.807) is 11.3 Å². The highest BCUT2D eigenvalue weighted by molar-refractivity contribution is 7.11. The molecule has 0 aliphatic carbocycles. The van der Waals surface area contributed by atoms with E-state index in [-0.39, 0.29) is 11.6 Å². The van der Waals surface area contributed by atoms with Gasteiger partial charge in [-0.1, -0.05) is 27.7 Å². The molecule has 0 saturated carbocycles. The van der Waals surface area contributed by atoms with Crippen LogP contribution in [-0.4, -0.2) is 34.6 Å². The van der Waals surface area contributed by atoms with E-state index in [4.69, 9.17) is 10.8 Å². The van der Waals surface area contributed by atoms with E-state index in [2.05, 4.69) is 51.9 Å². The van der Waals surface area contributed by atoms with Gasteiger partial charge < -0.3 is 0 Å². The summed E-state index contributed by atoms with van der Waals surface area (Å²) in [7, 11) is 0. The predicted molar refractivity (Wildman–Crippen MR) is 92.6 cm³/mol. The topological polar surface area (TPSA) is 54.2 Å². The minimum absolute atomic E-state index is 0.0890. The highest BCUT2D eigenvalue weighted by atomic mass is 32.1. The van der Waals surface area contributed by atoms with Crippen LogP contribution >= 0.6 is 11.3 Å². The summed E-state index contributed by atoms with van der Waals surface area (Å²) in [5.41, 5.74) is 4.33. The highest BCUT2D eigenvalue weighted by Crippen LogP contribution is 2.31. The molecule has 5 heteroatoms. The summed E-state index contributed by atoms with van der Waals surface area (Å²) in [6.07, 6.45) is 3.07. The minimum Gasteiger partial charge on any atom is -0.297 e. The molecule has 4 nitrogen and oxygen atoms in total. The van der Waals surface area contributed by atoms with Crippen molar-refractivity contribution in [2.24, 2.45) is 5.84 Å². The first-order valence-electron chi connectivity index (χ1n) is 8.12. The van der Waals surface area contributed by atoms with E-state index in [1.165, 1.54) is 9.88 Å². The van der Waals surface area contributed by atoms with Gasteiger partial charge in [-0.05, 0) is 39.8 Å². The van der Waals surface area contributed by atoms with Gasteiger partial charge in [0.25, 0.3) is 0 Å². The molecule has 0 radical (unpaired) electrons. The number of hydrazine groups is 1. The molecule has 0 bridgehead atoms.